The van der Waals surface area contributed by atoms with Gasteiger partial charge in [-0.1, -0.05) is 5.16 Å². The summed E-state index contributed by atoms with van der Waals surface area (Å²) in [5.74, 6) is 0.239. The third-order valence-electron chi connectivity index (χ3n) is 2.25. The van der Waals surface area contributed by atoms with Crippen LogP contribution in [0.5, 0.6) is 5.75 Å². The van der Waals surface area contributed by atoms with Gasteiger partial charge in [0.05, 0.1) is 5.69 Å². The second-order valence-electron chi connectivity index (χ2n) is 3.85. The highest BCUT2D eigenvalue weighted by atomic mass is 19.1. The summed E-state index contributed by atoms with van der Waals surface area (Å²) >= 11 is 0. The number of phenolic OH excluding ortho intramolecular Hbond substituents is 1. The van der Waals surface area contributed by atoms with Crippen LogP contribution in [-0.2, 0) is 13.1 Å². The van der Waals surface area contributed by atoms with E-state index in [1.807, 2.05) is 13.0 Å². The molecule has 0 radical (unpaired) electrons. The minimum Gasteiger partial charge on any atom is -0.508 e. The van der Waals surface area contributed by atoms with Gasteiger partial charge in [0.15, 0.2) is 0 Å². The summed E-state index contributed by atoms with van der Waals surface area (Å²) in [5, 5.41) is 16.1. The third-order valence-corrected chi connectivity index (χ3v) is 2.25. The van der Waals surface area contributed by atoms with Gasteiger partial charge in [-0.15, -0.1) is 0 Å². The van der Waals surface area contributed by atoms with E-state index in [9.17, 15) is 9.50 Å². The van der Waals surface area contributed by atoms with Crippen molar-refractivity contribution in [3.05, 3.63) is 47.1 Å². The van der Waals surface area contributed by atoms with E-state index in [0.717, 1.165) is 17.5 Å². The Kier molecular flexibility index (Phi) is 3.39. The SMILES string of the molecule is Cc1cc(CNCc2cc(O)cc(F)c2)no1. The van der Waals surface area contributed by atoms with E-state index >= 15 is 0 Å². The highest BCUT2D eigenvalue weighted by molar-refractivity contribution is 5.28. The van der Waals surface area contributed by atoms with Crippen molar-refractivity contribution in [2.24, 2.45) is 0 Å². The van der Waals surface area contributed by atoms with Crippen molar-refractivity contribution in [2.45, 2.75) is 20.0 Å². The number of nitrogens with zero attached hydrogens (tertiary/aromatic N) is 1. The molecule has 0 atom stereocenters. The number of nitrogens with one attached hydrogen (secondary N) is 1. The summed E-state index contributed by atoms with van der Waals surface area (Å²) < 4.78 is 17.9. The topological polar surface area (TPSA) is 58.3 Å². The maximum atomic E-state index is 13.0. The molecule has 0 fully saturated rings. The fraction of sp³-hybridized carbons (Fsp3) is 0.250. The van der Waals surface area contributed by atoms with E-state index in [2.05, 4.69) is 10.5 Å². The van der Waals surface area contributed by atoms with Gasteiger partial charge in [0.25, 0.3) is 0 Å². The van der Waals surface area contributed by atoms with E-state index in [1.165, 1.54) is 12.1 Å². The normalized spacial score (nSPS) is 10.7. The van der Waals surface area contributed by atoms with Crippen LogP contribution in [0.15, 0.2) is 28.8 Å². The Morgan fingerprint density at radius 1 is 1.29 bits per heavy atom. The quantitative estimate of drug-likeness (QED) is 0.853. The molecule has 2 rings (SSSR count). The lowest BCUT2D eigenvalue weighted by Gasteiger charge is -2.03. The monoisotopic (exact) mass is 236 g/mol. The third kappa shape index (κ3) is 3.29. The molecule has 1 heterocycles. The van der Waals surface area contributed by atoms with Crippen LogP contribution in [-0.4, -0.2) is 10.3 Å². The van der Waals surface area contributed by atoms with Crippen molar-refractivity contribution >= 4 is 0 Å². The first-order chi connectivity index (χ1) is 8.13. The molecule has 2 N–H and O–H groups in total. The molecule has 2 aromatic rings. The average molecular weight is 236 g/mol. The summed E-state index contributed by atoms with van der Waals surface area (Å²) in [6, 6.07) is 5.80. The Morgan fingerprint density at radius 3 is 2.76 bits per heavy atom. The van der Waals surface area contributed by atoms with Gasteiger partial charge in [-0.05, 0) is 24.6 Å². The van der Waals surface area contributed by atoms with Gasteiger partial charge in [0.1, 0.15) is 17.3 Å². The highest BCUT2D eigenvalue weighted by Gasteiger charge is 2.02. The molecule has 4 nitrogen and oxygen atoms in total. The Labute approximate surface area is 98.1 Å². The number of rotatable bonds is 4. The fourth-order valence-electron chi connectivity index (χ4n) is 1.57. The molecular formula is C12H13FN2O2. The van der Waals surface area contributed by atoms with Crippen molar-refractivity contribution < 1.29 is 14.0 Å². The van der Waals surface area contributed by atoms with Gasteiger partial charge >= 0.3 is 0 Å². The largest absolute Gasteiger partial charge is 0.508 e. The first-order valence-corrected chi connectivity index (χ1v) is 5.25. The average Bonchev–Trinajstić information content (AvgIpc) is 2.63. The van der Waals surface area contributed by atoms with Crippen LogP contribution in [0.4, 0.5) is 4.39 Å². The summed E-state index contributed by atoms with van der Waals surface area (Å²) in [5.41, 5.74) is 1.48. The molecule has 0 saturated heterocycles. The number of benzene rings is 1. The van der Waals surface area contributed by atoms with Crippen molar-refractivity contribution in [3.8, 4) is 5.75 Å². The van der Waals surface area contributed by atoms with Gasteiger partial charge in [-0.2, -0.15) is 0 Å². The molecule has 0 saturated carbocycles. The number of aromatic nitrogens is 1. The van der Waals surface area contributed by atoms with Crippen LogP contribution >= 0.6 is 0 Å². The molecule has 0 spiro atoms. The Hall–Kier alpha value is -1.88. The van der Waals surface area contributed by atoms with Crippen LogP contribution < -0.4 is 5.32 Å². The Bertz CT molecular complexity index is 491. The Morgan fingerprint density at radius 2 is 2.12 bits per heavy atom. The first kappa shape index (κ1) is 11.6. The molecule has 0 amide bonds. The van der Waals surface area contributed by atoms with Crippen LogP contribution in [0.25, 0.3) is 0 Å². The predicted octanol–water partition coefficient (Wildman–Crippen LogP) is 2.12. The summed E-state index contributed by atoms with van der Waals surface area (Å²) in [6.45, 7) is 2.81. The number of halogens is 1. The molecule has 0 aliphatic rings. The molecule has 1 aromatic heterocycles. The smallest absolute Gasteiger partial charge is 0.133 e. The zero-order valence-electron chi connectivity index (χ0n) is 9.40. The lowest BCUT2D eigenvalue weighted by Crippen LogP contribution is -2.12. The summed E-state index contributed by atoms with van der Waals surface area (Å²) in [7, 11) is 0. The minimum absolute atomic E-state index is 0.0703. The van der Waals surface area contributed by atoms with Crippen molar-refractivity contribution in [1.29, 1.82) is 0 Å². The minimum atomic E-state index is -0.445. The summed E-state index contributed by atoms with van der Waals surface area (Å²) in [6.07, 6.45) is 0. The van der Waals surface area contributed by atoms with Gasteiger partial charge < -0.3 is 14.9 Å². The number of aryl methyl sites for hydroxylation is 1. The molecule has 1 aromatic carbocycles. The fourth-order valence-corrected chi connectivity index (χ4v) is 1.57. The van der Waals surface area contributed by atoms with Gasteiger partial charge in [-0.25, -0.2) is 4.39 Å². The van der Waals surface area contributed by atoms with E-state index in [-0.39, 0.29) is 5.75 Å². The van der Waals surface area contributed by atoms with Crippen LogP contribution in [0.1, 0.15) is 17.0 Å². The lowest BCUT2D eigenvalue weighted by atomic mass is 10.2. The van der Waals surface area contributed by atoms with E-state index in [1.54, 1.807) is 0 Å². The predicted molar refractivity (Wildman–Crippen MR) is 59.8 cm³/mol. The maximum Gasteiger partial charge on any atom is 0.133 e. The lowest BCUT2D eigenvalue weighted by molar-refractivity contribution is 0.388. The summed E-state index contributed by atoms with van der Waals surface area (Å²) in [4.78, 5) is 0. The molecule has 5 heteroatoms. The van der Waals surface area contributed by atoms with Gasteiger partial charge in [-0.3, -0.25) is 0 Å². The number of hydrogen-bond acceptors (Lipinski definition) is 4. The highest BCUT2D eigenvalue weighted by Crippen LogP contribution is 2.14. The maximum absolute atomic E-state index is 13.0. The van der Waals surface area contributed by atoms with Crippen molar-refractivity contribution in [1.82, 2.24) is 10.5 Å². The molecule has 0 unspecified atom stereocenters. The molecule has 0 aliphatic carbocycles. The standard InChI is InChI=1S/C12H13FN2O2/c1-8-2-11(15-17-8)7-14-6-9-3-10(13)5-12(16)4-9/h2-5,14,16H,6-7H2,1H3. The van der Waals surface area contributed by atoms with E-state index < -0.39 is 5.82 Å². The van der Waals surface area contributed by atoms with E-state index in [4.69, 9.17) is 4.52 Å². The molecule has 0 bridgehead atoms. The van der Waals surface area contributed by atoms with Crippen LogP contribution in [0.3, 0.4) is 0 Å². The molecule has 17 heavy (non-hydrogen) atoms. The molecular weight excluding hydrogens is 223 g/mol. The number of aromatic hydroxyl groups is 1. The first-order valence-electron chi connectivity index (χ1n) is 5.25. The zero-order valence-corrected chi connectivity index (χ0v) is 9.40. The van der Waals surface area contributed by atoms with Crippen LogP contribution in [0, 0.1) is 12.7 Å². The molecule has 0 aliphatic heterocycles. The van der Waals surface area contributed by atoms with Gasteiger partial charge in [0.2, 0.25) is 0 Å². The second kappa shape index (κ2) is 4.97. The number of hydrogen-bond donors (Lipinski definition) is 2. The van der Waals surface area contributed by atoms with Gasteiger partial charge in [0, 0.05) is 25.2 Å². The number of phenols is 1. The molecule has 90 valence electrons. The van der Waals surface area contributed by atoms with Crippen LogP contribution in [0.2, 0.25) is 0 Å². The van der Waals surface area contributed by atoms with Crippen molar-refractivity contribution in [3.63, 3.8) is 0 Å². The van der Waals surface area contributed by atoms with Crippen molar-refractivity contribution in [2.75, 3.05) is 0 Å². The van der Waals surface area contributed by atoms with E-state index in [0.29, 0.717) is 18.7 Å². The zero-order chi connectivity index (χ0) is 12.3. The Balaban J connectivity index is 1.89. The second-order valence-corrected chi connectivity index (χ2v) is 3.85.